The average molecular weight is 753 g/mol. The van der Waals surface area contributed by atoms with Crippen molar-refractivity contribution in [2.45, 2.75) is 43.9 Å². The summed E-state index contributed by atoms with van der Waals surface area (Å²) >= 11 is 6.39. The number of likely N-dealkylation sites (tertiary alicyclic amines) is 1. The maximum absolute atomic E-state index is 15.3. The zero-order valence-electron chi connectivity index (χ0n) is 29.9. The maximum atomic E-state index is 15.3. The molecule has 12 heteroatoms. The van der Waals surface area contributed by atoms with E-state index in [0.717, 1.165) is 5.57 Å². The van der Waals surface area contributed by atoms with Gasteiger partial charge in [-0.05, 0) is 73.1 Å². The van der Waals surface area contributed by atoms with Gasteiger partial charge in [0, 0.05) is 23.9 Å². The third-order valence-corrected chi connectivity index (χ3v) is 11.8. The van der Waals surface area contributed by atoms with Gasteiger partial charge in [0.1, 0.15) is 0 Å². The van der Waals surface area contributed by atoms with Crippen LogP contribution in [0, 0.1) is 29.6 Å². The molecule has 2 saturated heterocycles. The largest absolute Gasteiger partial charge is 0.502 e. The normalized spacial score (nSPS) is 26.1. The topological polar surface area (TPSA) is 151 Å². The Bertz CT molecular complexity index is 2060. The second-order valence-electron chi connectivity index (χ2n) is 14.3. The second-order valence-corrected chi connectivity index (χ2v) is 14.7. The second kappa shape index (κ2) is 14.8. The van der Waals surface area contributed by atoms with Crippen LogP contribution in [-0.4, -0.2) is 65.5 Å². The van der Waals surface area contributed by atoms with Crippen LogP contribution >= 0.6 is 11.6 Å². The molecule has 4 amide bonds. The van der Waals surface area contributed by atoms with Gasteiger partial charge in [0.15, 0.2) is 11.5 Å². The molecule has 3 fully saturated rings. The number of phenolic OH excluding ortho intramolecular Hbond substituents is 1. The van der Waals surface area contributed by atoms with Crippen LogP contribution in [0.4, 0.5) is 5.69 Å². The molecule has 280 valence electrons. The van der Waals surface area contributed by atoms with Gasteiger partial charge < -0.3 is 19.7 Å². The van der Waals surface area contributed by atoms with Crippen molar-refractivity contribution in [1.82, 2.24) is 4.90 Å². The van der Waals surface area contributed by atoms with E-state index in [1.54, 1.807) is 42.5 Å². The minimum atomic E-state index is -1.42. The Kier molecular flexibility index (Phi) is 10.1. The fourth-order valence-corrected chi connectivity index (χ4v) is 9.40. The highest BCUT2D eigenvalue weighted by atomic mass is 35.5. The number of carbonyl (C=O) groups excluding carboxylic acids is 4. The van der Waals surface area contributed by atoms with Gasteiger partial charge in [-0.25, -0.2) is 4.90 Å². The number of carboxylic acid groups (broad SMARTS) is 1. The molecule has 7 rings (SSSR count). The van der Waals surface area contributed by atoms with Gasteiger partial charge in [-0.2, -0.15) is 0 Å². The Balaban J connectivity index is 1.36. The number of carbonyl (C=O) groups is 5. The first-order valence-corrected chi connectivity index (χ1v) is 18.5. The van der Waals surface area contributed by atoms with Crippen molar-refractivity contribution in [2.75, 3.05) is 25.7 Å². The predicted molar refractivity (Wildman–Crippen MR) is 200 cm³/mol. The number of imide groups is 2. The molecule has 0 bridgehead atoms. The number of hydrogen-bond acceptors (Lipinski definition) is 8. The molecule has 1 saturated carbocycles. The number of methoxy groups -OCH3 is 2. The summed E-state index contributed by atoms with van der Waals surface area (Å²) in [5.74, 6) is -5.57. The number of unbranched alkanes of at least 4 members (excludes halogenated alkanes) is 2. The van der Waals surface area contributed by atoms with Gasteiger partial charge in [-0.3, -0.25) is 28.9 Å². The molecule has 4 aliphatic rings. The zero-order valence-corrected chi connectivity index (χ0v) is 30.7. The highest BCUT2D eigenvalue weighted by Crippen LogP contribution is 2.62. The number of allylic oxidation sites excluding steroid dienone is 3. The number of hydrogen-bond donors (Lipinski definition) is 2. The number of aromatic hydroxyl groups is 1. The standard InChI is InChI=1S/C42H41ClN2O9/c1-53-33-20-24(21-34(54-2)37(33)48)15-18-31-28-16-17-29-36(40(51)44(38(29)49)19-8-4-7-14-35(46)47)30(28)23-32-39(50)45(27-13-9-12-26(43)22-27)41(52)42(31,32)25-10-5-3-6-11-25/h3,5-6,9-13,15-16,18,20-22,29-32,36,48H,4,7-8,14,17,19,23H2,1-2H3,(H,46,47)/t29-,30+,31-,32-,36-,42-/m0/s1. The summed E-state index contributed by atoms with van der Waals surface area (Å²) in [4.78, 5) is 71.8. The zero-order chi connectivity index (χ0) is 38.3. The number of ether oxygens (including phenoxy) is 2. The van der Waals surface area contributed by atoms with Crippen molar-refractivity contribution in [3.8, 4) is 17.2 Å². The monoisotopic (exact) mass is 752 g/mol. The Morgan fingerprint density at radius 2 is 1.63 bits per heavy atom. The fourth-order valence-electron chi connectivity index (χ4n) is 9.22. The van der Waals surface area contributed by atoms with Gasteiger partial charge in [0.05, 0.1) is 43.1 Å². The first-order chi connectivity index (χ1) is 26.0. The van der Waals surface area contributed by atoms with Gasteiger partial charge >= 0.3 is 5.97 Å². The summed E-state index contributed by atoms with van der Waals surface area (Å²) in [5, 5.41) is 20.0. The van der Waals surface area contributed by atoms with Crippen molar-refractivity contribution in [3.05, 3.63) is 101 Å². The molecule has 54 heavy (non-hydrogen) atoms. The number of benzene rings is 3. The van der Waals surface area contributed by atoms with E-state index in [0.29, 0.717) is 41.1 Å². The van der Waals surface area contributed by atoms with Gasteiger partial charge in [-0.1, -0.05) is 78.2 Å². The predicted octanol–water partition coefficient (Wildman–Crippen LogP) is 6.42. The molecule has 6 atom stereocenters. The molecule has 0 unspecified atom stereocenters. The Morgan fingerprint density at radius 3 is 2.30 bits per heavy atom. The molecule has 0 radical (unpaired) electrons. The molecule has 3 aromatic carbocycles. The van der Waals surface area contributed by atoms with Crippen molar-refractivity contribution < 1.29 is 43.7 Å². The lowest BCUT2D eigenvalue weighted by molar-refractivity contribution is -0.141. The summed E-state index contributed by atoms with van der Waals surface area (Å²) in [6.07, 6.45) is 7.64. The molecule has 2 aliphatic carbocycles. The maximum Gasteiger partial charge on any atom is 0.303 e. The van der Waals surface area contributed by atoms with E-state index in [1.165, 1.54) is 24.0 Å². The van der Waals surface area contributed by atoms with Gasteiger partial charge in [-0.15, -0.1) is 0 Å². The number of carboxylic acids is 1. The summed E-state index contributed by atoms with van der Waals surface area (Å²) in [6, 6.07) is 19.1. The van der Waals surface area contributed by atoms with Gasteiger partial charge in [0.2, 0.25) is 29.4 Å². The lowest BCUT2D eigenvalue weighted by Crippen LogP contribution is -2.54. The quantitative estimate of drug-likeness (QED) is 0.121. The van der Waals surface area contributed by atoms with E-state index >= 15 is 4.79 Å². The number of nitrogens with zero attached hydrogens (tertiary/aromatic N) is 2. The van der Waals surface area contributed by atoms with E-state index in [9.17, 15) is 24.3 Å². The molecule has 0 spiro atoms. The smallest absolute Gasteiger partial charge is 0.303 e. The summed E-state index contributed by atoms with van der Waals surface area (Å²) in [7, 11) is 2.86. The number of halogens is 1. The van der Waals surface area contributed by atoms with E-state index < -0.39 is 52.8 Å². The molecule has 3 aromatic rings. The third kappa shape index (κ3) is 6.04. The first kappa shape index (κ1) is 36.9. The number of amides is 4. The number of rotatable bonds is 12. The van der Waals surface area contributed by atoms with Crippen LogP contribution in [0.5, 0.6) is 17.2 Å². The highest BCUT2D eigenvalue weighted by Gasteiger charge is 2.69. The van der Waals surface area contributed by atoms with Gasteiger partial charge in [0.25, 0.3) is 0 Å². The summed E-state index contributed by atoms with van der Waals surface area (Å²) in [5.41, 5.74) is 0.972. The Labute approximate surface area is 317 Å². The third-order valence-electron chi connectivity index (χ3n) is 11.6. The van der Waals surface area contributed by atoms with Crippen LogP contribution in [-0.2, 0) is 29.4 Å². The molecular weight excluding hydrogens is 712 g/mol. The Hall–Kier alpha value is -5.42. The molecular formula is C42H41ClN2O9. The van der Waals surface area contributed by atoms with Crippen LogP contribution < -0.4 is 14.4 Å². The van der Waals surface area contributed by atoms with E-state index in [-0.39, 0.29) is 54.9 Å². The number of phenols is 1. The van der Waals surface area contributed by atoms with Crippen LogP contribution in [0.15, 0.2) is 84.5 Å². The minimum Gasteiger partial charge on any atom is -0.502 e. The SMILES string of the molecule is COc1cc(C=C[C@H]2C3=CC[C@@H]4C(=O)N(CCCCCC(=O)O)C(=O)[C@@H]4[C@@H]3C[C@H]3C(=O)N(c4cccc(Cl)c4)C(=O)[C@@]23c2ccccc2)cc(OC)c1O. The lowest BCUT2D eigenvalue weighted by Gasteiger charge is -2.49. The van der Waals surface area contributed by atoms with E-state index in [4.69, 9.17) is 26.2 Å². The van der Waals surface area contributed by atoms with E-state index in [2.05, 4.69) is 0 Å². The summed E-state index contributed by atoms with van der Waals surface area (Å²) < 4.78 is 10.8. The van der Waals surface area contributed by atoms with E-state index in [1.807, 2.05) is 42.5 Å². The molecule has 2 N–H and O–H groups in total. The highest BCUT2D eigenvalue weighted by molar-refractivity contribution is 6.32. The van der Waals surface area contributed by atoms with Crippen molar-refractivity contribution >= 4 is 53.0 Å². The fraction of sp³-hybridized carbons (Fsp3) is 0.357. The van der Waals surface area contributed by atoms with Crippen LogP contribution in [0.2, 0.25) is 5.02 Å². The molecule has 2 aliphatic heterocycles. The molecule has 11 nitrogen and oxygen atoms in total. The average Bonchev–Trinajstić information content (AvgIpc) is 3.55. The van der Waals surface area contributed by atoms with Crippen molar-refractivity contribution in [1.29, 1.82) is 0 Å². The number of aliphatic carboxylic acids is 1. The lowest BCUT2D eigenvalue weighted by atomic mass is 9.50. The molecule has 2 heterocycles. The van der Waals surface area contributed by atoms with Crippen molar-refractivity contribution in [3.63, 3.8) is 0 Å². The van der Waals surface area contributed by atoms with Crippen molar-refractivity contribution in [2.24, 2.45) is 29.6 Å². The molecule has 0 aromatic heterocycles. The number of fused-ring (bicyclic) bond motifs is 4. The minimum absolute atomic E-state index is 0.0185. The first-order valence-electron chi connectivity index (χ1n) is 18.1. The summed E-state index contributed by atoms with van der Waals surface area (Å²) in [6.45, 7) is 0.192. The van der Waals surface area contributed by atoms with Crippen LogP contribution in [0.3, 0.4) is 0 Å². The Morgan fingerprint density at radius 1 is 0.907 bits per heavy atom. The van der Waals surface area contributed by atoms with Crippen LogP contribution in [0.25, 0.3) is 6.08 Å². The van der Waals surface area contributed by atoms with Crippen LogP contribution in [0.1, 0.15) is 49.7 Å². The number of anilines is 1.